The van der Waals surface area contributed by atoms with Crippen molar-refractivity contribution in [1.82, 2.24) is 10.2 Å². The van der Waals surface area contributed by atoms with Crippen molar-refractivity contribution < 1.29 is 0 Å². The molecule has 1 N–H and O–H groups in total. The van der Waals surface area contributed by atoms with Crippen LogP contribution in [-0.2, 0) is 5.41 Å². The quantitative estimate of drug-likeness (QED) is 0.873. The molecule has 2 heteroatoms. The first kappa shape index (κ1) is 13.1. The zero-order chi connectivity index (χ0) is 13.3. The summed E-state index contributed by atoms with van der Waals surface area (Å²) in [5, 5.41) is 3.50. The zero-order valence-electron chi connectivity index (χ0n) is 12.3. The number of nitrogens with one attached hydrogen (secondary N) is 1. The van der Waals surface area contributed by atoms with E-state index in [-0.39, 0.29) is 0 Å². The molecule has 2 fully saturated rings. The summed E-state index contributed by atoms with van der Waals surface area (Å²) in [4.78, 5) is 2.56. The first-order valence-corrected chi connectivity index (χ1v) is 7.57. The highest BCUT2D eigenvalue weighted by Gasteiger charge is 2.45. The molecule has 2 nitrogen and oxygen atoms in total. The van der Waals surface area contributed by atoms with Crippen molar-refractivity contribution in [2.45, 2.75) is 31.6 Å². The largest absolute Gasteiger partial charge is 0.316 e. The Balaban J connectivity index is 1.62. The molecule has 0 amide bonds. The SMILES string of the molecule is CN(CC1(C)CCNC1)CC1(c2ccccc2)CC1. The van der Waals surface area contributed by atoms with Crippen molar-refractivity contribution in [3.8, 4) is 0 Å². The lowest BCUT2D eigenvalue weighted by Gasteiger charge is -2.32. The Morgan fingerprint density at radius 1 is 1.11 bits per heavy atom. The summed E-state index contributed by atoms with van der Waals surface area (Å²) in [6.45, 7) is 7.22. The minimum absolute atomic E-state index is 0.457. The molecule has 0 spiro atoms. The number of nitrogens with zero attached hydrogens (tertiary/aromatic N) is 1. The maximum atomic E-state index is 3.50. The highest BCUT2D eigenvalue weighted by molar-refractivity contribution is 5.31. The number of hydrogen-bond donors (Lipinski definition) is 1. The normalized spacial score (nSPS) is 28.8. The second kappa shape index (κ2) is 4.92. The van der Waals surface area contributed by atoms with Gasteiger partial charge in [0.1, 0.15) is 0 Å². The van der Waals surface area contributed by atoms with E-state index in [2.05, 4.69) is 54.5 Å². The summed E-state index contributed by atoms with van der Waals surface area (Å²) in [6.07, 6.45) is 4.03. The van der Waals surface area contributed by atoms with Crippen LogP contribution in [0.25, 0.3) is 0 Å². The van der Waals surface area contributed by atoms with Crippen LogP contribution in [0.2, 0.25) is 0 Å². The Morgan fingerprint density at radius 2 is 1.84 bits per heavy atom. The minimum atomic E-state index is 0.457. The van der Waals surface area contributed by atoms with Gasteiger partial charge in [-0.15, -0.1) is 0 Å². The van der Waals surface area contributed by atoms with E-state index in [0.717, 1.165) is 0 Å². The van der Waals surface area contributed by atoms with Gasteiger partial charge in [-0.3, -0.25) is 0 Å². The van der Waals surface area contributed by atoms with Crippen LogP contribution in [0, 0.1) is 5.41 Å². The van der Waals surface area contributed by atoms with Crippen LogP contribution in [0.3, 0.4) is 0 Å². The lowest BCUT2D eigenvalue weighted by Crippen LogP contribution is -2.39. The molecule has 0 bridgehead atoms. The molecule has 1 saturated heterocycles. The molecular formula is C17H26N2. The first-order valence-electron chi connectivity index (χ1n) is 7.57. The maximum Gasteiger partial charge on any atom is 0.00808 e. The summed E-state index contributed by atoms with van der Waals surface area (Å²) in [5.74, 6) is 0. The molecule has 1 aliphatic heterocycles. The molecule has 1 heterocycles. The van der Waals surface area contributed by atoms with Crippen LogP contribution in [0.4, 0.5) is 0 Å². The Labute approximate surface area is 117 Å². The Bertz CT molecular complexity index is 416. The van der Waals surface area contributed by atoms with Crippen LogP contribution in [0.5, 0.6) is 0 Å². The van der Waals surface area contributed by atoms with Crippen LogP contribution < -0.4 is 5.32 Å². The zero-order valence-corrected chi connectivity index (χ0v) is 12.3. The van der Waals surface area contributed by atoms with Crippen LogP contribution in [-0.4, -0.2) is 38.1 Å². The van der Waals surface area contributed by atoms with E-state index < -0.39 is 0 Å². The van der Waals surface area contributed by atoms with E-state index in [1.54, 1.807) is 0 Å². The Hall–Kier alpha value is -0.860. The van der Waals surface area contributed by atoms with Gasteiger partial charge in [0.2, 0.25) is 0 Å². The van der Waals surface area contributed by atoms with Crippen molar-refractivity contribution in [2.75, 3.05) is 33.2 Å². The number of hydrogen-bond acceptors (Lipinski definition) is 2. The van der Waals surface area contributed by atoms with Gasteiger partial charge in [0, 0.05) is 25.0 Å². The Morgan fingerprint density at radius 3 is 2.42 bits per heavy atom. The average Bonchev–Trinajstić information content (AvgIpc) is 3.05. The lowest BCUT2D eigenvalue weighted by molar-refractivity contribution is 0.196. The summed E-state index contributed by atoms with van der Waals surface area (Å²) in [6, 6.07) is 11.1. The highest BCUT2D eigenvalue weighted by atomic mass is 15.1. The molecule has 19 heavy (non-hydrogen) atoms. The molecular weight excluding hydrogens is 232 g/mol. The second-order valence-electron chi connectivity index (χ2n) is 7.06. The van der Waals surface area contributed by atoms with Crippen LogP contribution in [0.1, 0.15) is 31.7 Å². The number of benzene rings is 1. The molecule has 0 aromatic heterocycles. The molecule has 0 radical (unpaired) electrons. The molecule has 3 rings (SSSR count). The summed E-state index contributed by atoms with van der Waals surface area (Å²) >= 11 is 0. The van der Waals surface area contributed by atoms with Crippen LogP contribution >= 0.6 is 0 Å². The van der Waals surface area contributed by atoms with E-state index in [9.17, 15) is 0 Å². The van der Waals surface area contributed by atoms with Gasteiger partial charge in [0.05, 0.1) is 0 Å². The minimum Gasteiger partial charge on any atom is -0.316 e. The number of likely N-dealkylation sites (N-methyl/N-ethyl adjacent to an activating group) is 1. The fraction of sp³-hybridized carbons (Fsp3) is 0.647. The first-order chi connectivity index (χ1) is 9.12. The van der Waals surface area contributed by atoms with Gasteiger partial charge in [0.15, 0.2) is 0 Å². The van der Waals surface area contributed by atoms with E-state index in [1.165, 1.54) is 51.0 Å². The molecule has 104 valence electrons. The van der Waals surface area contributed by atoms with Crippen molar-refractivity contribution in [2.24, 2.45) is 5.41 Å². The summed E-state index contributed by atoms with van der Waals surface area (Å²) in [7, 11) is 2.30. The van der Waals surface area contributed by atoms with Crippen molar-refractivity contribution in [3.05, 3.63) is 35.9 Å². The Kier molecular flexibility index (Phi) is 3.40. The molecule has 1 unspecified atom stereocenters. The second-order valence-corrected chi connectivity index (χ2v) is 7.06. The predicted molar refractivity (Wildman–Crippen MR) is 80.4 cm³/mol. The molecule has 1 aromatic rings. The van der Waals surface area contributed by atoms with Crippen molar-refractivity contribution in [3.63, 3.8) is 0 Å². The standard InChI is InChI=1S/C17H26N2/c1-16(10-11-18-12-16)13-19(2)14-17(8-9-17)15-6-4-3-5-7-15/h3-7,18H,8-14H2,1-2H3. The topological polar surface area (TPSA) is 15.3 Å². The van der Waals surface area contributed by atoms with Gasteiger partial charge in [-0.2, -0.15) is 0 Å². The van der Waals surface area contributed by atoms with Gasteiger partial charge in [-0.05, 0) is 43.8 Å². The third kappa shape index (κ3) is 2.85. The summed E-state index contributed by atoms with van der Waals surface area (Å²) in [5.41, 5.74) is 2.47. The fourth-order valence-electron chi connectivity index (χ4n) is 3.71. The van der Waals surface area contributed by atoms with Crippen molar-refractivity contribution >= 4 is 0 Å². The lowest BCUT2D eigenvalue weighted by atomic mass is 9.88. The van der Waals surface area contributed by atoms with E-state index in [4.69, 9.17) is 0 Å². The van der Waals surface area contributed by atoms with Gasteiger partial charge >= 0.3 is 0 Å². The third-order valence-electron chi connectivity index (χ3n) is 4.92. The highest BCUT2D eigenvalue weighted by Crippen LogP contribution is 2.48. The van der Waals surface area contributed by atoms with Crippen LogP contribution in [0.15, 0.2) is 30.3 Å². The van der Waals surface area contributed by atoms with E-state index in [0.29, 0.717) is 10.8 Å². The van der Waals surface area contributed by atoms with Gasteiger partial charge in [-0.25, -0.2) is 0 Å². The monoisotopic (exact) mass is 258 g/mol. The van der Waals surface area contributed by atoms with E-state index >= 15 is 0 Å². The molecule has 1 atom stereocenters. The molecule has 1 aromatic carbocycles. The maximum absolute atomic E-state index is 3.50. The smallest absolute Gasteiger partial charge is 0.00808 e. The van der Waals surface area contributed by atoms with E-state index in [1.807, 2.05) is 0 Å². The fourth-order valence-corrected chi connectivity index (χ4v) is 3.71. The van der Waals surface area contributed by atoms with Gasteiger partial charge < -0.3 is 10.2 Å². The predicted octanol–water partition coefficient (Wildman–Crippen LogP) is 2.65. The van der Waals surface area contributed by atoms with Gasteiger partial charge in [0.25, 0.3) is 0 Å². The van der Waals surface area contributed by atoms with Gasteiger partial charge in [-0.1, -0.05) is 37.3 Å². The molecule has 1 saturated carbocycles. The molecule has 2 aliphatic rings. The van der Waals surface area contributed by atoms with Crippen molar-refractivity contribution in [1.29, 1.82) is 0 Å². The molecule has 1 aliphatic carbocycles. The number of rotatable bonds is 5. The average molecular weight is 258 g/mol. The third-order valence-corrected chi connectivity index (χ3v) is 4.92. The summed E-state index contributed by atoms with van der Waals surface area (Å²) < 4.78 is 0.